The Hall–Kier alpha value is -4.18. The van der Waals surface area contributed by atoms with Crippen LogP contribution in [-0.4, -0.2) is 24.2 Å². The lowest BCUT2D eigenvalue weighted by atomic mass is 10.1. The maximum Gasteiger partial charge on any atom is 0.271 e. The van der Waals surface area contributed by atoms with Gasteiger partial charge in [0.2, 0.25) is 0 Å². The van der Waals surface area contributed by atoms with Crippen LogP contribution in [0.15, 0.2) is 72.1 Å². The van der Waals surface area contributed by atoms with Gasteiger partial charge in [-0.2, -0.15) is 10.4 Å². The number of benzene rings is 2. The van der Waals surface area contributed by atoms with Crippen LogP contribution >= 0.6 is 0 Å². The number of methoxy groups -OCH3 is 1. The molecule has 0 aliphatic rings. The molecule has 7 heteroatoms. The van der Waals surface area contributed by atoms with Gasteiger partial charge in [0.05, 0.1) is 25.0 Å². The number of rotatable bonds is 7. The van der Waals surface area contributed by atoms with Gasteiger partial charge in [0.15, 0.2) is 11.5 Å². The van der Waals surface area contributed by atoms with Crippen molar-refractivity contribution in [2.75, 3.05) is 7.11 Å². The number of nitrogens with one attached hydrogen (secondary N) is 1. The third-order valence-electron chi connectivity index (χ3n) is 4.03. The summed E-state index contributed by atoms with van der Waals surface area (Å²) in [6, 6.07) is 17.9. The van der Waals surface area contributed by atoms with Crippen LogP contribution in [0.3, 0.4) is 0 Å². The molecular formula is C22H18N4O3. The van der Waals surface area contributed by atoms with E-state index in [0.717, 1.165) is 11.1 Å². The molecule has 0 saturated carbocycles. The van der Waals surface area contributed by atoms with E-state index in [1.807, 2.05) is 18.2 Å². The quantitative estimate of drug-likeness (QED) is 0.496. The number of hydrazone groups is 1. The highest BCUT2D eigenvalue weighted by Gasteiger charge is 2.08. The molecule has 3 rings (SSSR count). The Morgan fingerprint density at radius 1 is 1.17 bits per heavy atom. The highest BCUT2D eigenvalue weighted by atomic mass is 16.5. The van der Waals surface area contributed by atoms with E-state index in [9.17, 15) is 4.79 Å². The smallest absolute Gasteiger partial charge is 0.271 e. The first-order chi connectivity index (χ1) is 14.2. The SMILES string of the molecule is COc1cc(/C=N/NC(=O)c2ccncc2)ccc1OCc1ccccc1C#N. The van der Waals surface area contributed by atoms with E-state index in [-0.39, 0.29) is 12.5 Å². The summed E-state index contributed by atoms with van der Waals surface area (Å²) < 4.78 is 11.2. The molecule has 0 spiro atoms. The van der Waals surface area contributed by atoms with Gasteiger partial charge in [-0.05, 0) is 42.0 Å². The molecule has 1 N–H and O–H groups in total. The topological polar surface area (TPSA) is 96.6 Å². The number of nitrogens with zero attached hydrogens (tertiary/aromatic N) is 3. The van der Waals surface area contributed by atoms with Gasteiger partial charge in [0.1, 0.15) is 6.61 Å². The van der Waals surface area contributed by atoms with Gasteiger partial charge < -0.3 is 9.47 Å². The lowest BCUT2D eigenvalue weighted by Crippen LogP contribution is -2.17. The Morgan fingerprint density at radius 3 is 2.72 bits per heavy atom. The summed E-state index contributed by atoms with van der Waals surface area (Å²) in [7, 11) is 1.54. The van der Waals surface area contributed by atoms with E-state index in [4.69, 9.17) is 14.7 Å². The monoisotopic (exact) mass is 386 g/mol. The van der Waals surface area contributed by atoms with Crippen molar-refractivity contribution in [1.82, 2.24) is 10.4 Å². The second-order valence-corrected chi connectivity index (χ2v) is 5.90. The first-order valence-corrected chi connectivity index (χ1v) is 8.73. The van der Waals surface area contributed by atoms with Gasteiger partial charge in [-0.3, -0.25) is 9.78 Å². The summed E-state index contributed by atoms with van der Waals surface area (Å²) in [5, 5.41) is 13.1. The van der Waals surface area contributed by atoms with Crippen LogP contribution in [0.2, 0.25) is 0 Å². The molecule has 0 fully saturated rings. The Morgan fingerprint density at radius 2 is 1.97 bits per heavy atom. The molecule has 7 nitrogen and oxygen atoms in total. The zero-order valence-electron chi connectivity index (χ0n) is 15.7. The minimum atomic E-state index is -0.327. The van der Waals surface area contributed by atoms with Crippen LogP contribution < -0.4 is 14.9 Å². The van der Waals surface area contributed by atoms with Crippen LogP contribution in [-0.2, 0) is 6.61 Å². The molecule has 2 aromatic carbocycles. The standard InChI is InChI=1S/C22H18N4O3/c1-28-21-12-16(14-25-26-22(27)17-8-10-24-11-9-17)6-7-20(21)29-15-19-5-3-2-4-18(19)13-23/h2-12,14H,15H2,1H3,(H,26,27)/b25-14+. The molecule has 0 aliphatic carbocycles. The van der Waals surface area contributed by atoms with Gasteiger partial charge in [-0.1, -0.05) is 18.2 Å². The van der Waals surface area contributed by atoms with Crippen LogP contribution in [0.25, 0.3) is 0 Å². The Bertz CT molecular complexity index is 1060. The fraction of sp³-hybridized carbons (Fsp3) is 0.0909. The summed E-state index contributed by atoms with van der Waals surface area (Å²) in [5.41, 5.74) is 5.01. The summed E-state index contributed by atoms with van der Waals surface area (Å²) in [6.45, 7) is 0.246. The van der Waals surface area contributed by atoms with Crippen molar-refractivity contribution < 1.29 is 14.3 Å². The number of nitriles is 1. The van der Waals surface area contributed by atoms with Crippen molar-refractivity contribution in [3.63, 3.8) is 0 Å². The minimum Gasteiger partial charge on any atom is -0.493 e. The van der Waals surface area contributed by atoms with Crippen molar-refractivity contribution in [2.24, 2.45) is 5.10 Å². The number of hydrogen-bond acceptors (Lipinski definition) is 6. The third kappa shape index (κ3) is 5.17. The largest absolute Gasteiger partial charge is 0.493 e. The van der Waals surface area contributed by atoms with E-state index < -0.39 is 0 Å². The zero-order valence-corrected chi connectivity index (χ0v) is 15.7. The summed E-state index contributed by atoms with van der Waals surface area (Å²) in [4.78, 5) is 15.8. The predicted molar refractivity (Wildman–Crippen MR) is 108 cm³/mol. The average Bonchev–Trinajstić information content (AvgIpc) is 2.78. The van der Waals surface area contributed by atoms with Gasteiger partial charge in [-0.15, -0.1) is 0 Å². The van der Waals surface area contributed by atoms with E-state index in [1.54, 1.807) is 36.4 Å². The second kappa shape index (κ2) is 9.67. The number of ether oxygens (including phenoxy) is 2. The van der Waals surface area contributed by atoms with Crippen molar-refractivity contribution in [3.05, 3.63) is 89.2 Å². The van der Waals surface area contributed by atoms with Gasteiger partial charge in [0, 0.05) is 23.5 Å². The number of amides is 1. The molecule has 1 amide bonds. The van der Waals surface area contributed by atoms with Gasteiger partial charge in [-0.25, -0.2) is 5.43 Å². The molecule has 0 saturated heterocycles. The van der Waals surface area contributed by atoms with Crippen LogP contribution in [0, 0.1) is 11.3 Å². The molecule has 0 atom stereocenters. The lowest BCUT2D eigenvalue weighted by Gasteiger charge is -2.12. The fourth-order valence-corrected chi connectivity index (χ4v) is 2.53. The first-order valence-electron chi connectivity index (χ1n) is 8.73. The summed E-state index contributed by atoms with van der Waals surface area (Å²) in [6.07, 6.45) is 4.59. The van der Waals surface area contributed by atoms with Crippen molar-refractivity contribution in [3.8, 4) is 17.6 Å². The Balaban J connectivity index is 1.65. The van der Waals surface area contributed by atoms with Crippen molar-refractivity contribution >= 4 is 12.1 Å². The summed E-state index contributed by atoms with van der Waals surface area (Å²) in [5.74, 6) is 0.730. The fourth-order valence-electron chi connectivity index (χ4n) is 2.53. The highest BCUT2D eigenvalue weighted by Crippen LogP contribution is 2.28. The van der Waals surface area contributed by atoms with E-state index in [1.165, 1.54) is 25.7 Å². The second-order valence-electron chi connectivity index (χ2n) is 5.90. The molecule has 0 bridgehead atoms. The number of carbonyl (C=O) groups is 1. The zero-order chi connectivity index (χ0) is 20.5. The molecule has 1 aromatic heterocycles. The van der Waals surface area contributed by atoms with E-state index >= 15 is 0 Å². The molecule has 0 aliphatic heterocycles. The van der Waals surface area contributed by atoms with Crippen molar-refractivity contribution in [1.29, 1.82) is 5.26 Å². The molecule has 144 valence electrons. The molecule has 1 heterocycles. The molecule has 29 heavy (non-hydrogen) atoms. The maximum absolute atomic E-state index is 12.0. The molecular weight excluding hydrogens is 368 g/mol. The molecule has 0 unspecified atom stereocenters. The third-order valence-corrected chi connectivity index (χ3v) is 4.03. The molecule has 0 radical (unpaired) electrons. The van der Waals surface area contributed by atoms with Crippen LogP contribution in [0.5, 0.6) is 11.5 Å². The minimum absolute atomic E-state index is 0.246. The first kappa shape index (κ1) is 19.6. The number of carbonyl (C=O) groups excluding carboxylic acids is 1. The predicted octanol–water partition coefficient (Wildman–Crippen LogP) is 3.30. The molecule has 3 aromatic rings. The number of pyridine rings is 1. The normalized spacial score (nSPS) is 10.3. The van der Waals surface area contributed by atoms with Crippen LogP contribution in [0.1, 0.15) is 27.0 Å². The Kier molecular flexibility index (Phi) is 6.53. The van der Waals surface area contributed by atoms with E-state index in [0.29, 0.717) is 22.6 Å². The number of hydrogen-bond donors (Lipinski definition) is 1. The van der Waals surface area contributed by atoms with Gasteiger partial charge >= 0.3 is 0 Å². The lowest BCUT2D eigenvalue weighted by molar-refractivity contribution is 0.0955. The summed E-state index contributed by atoms with van der Waals surface area (Å²) >= 11 is 0. The maximum atomic E-state index is 12.0. The Labute approximate surface area is 168 Å². The van der Waals surface area contributed by atoms with Crippen LogP contribution in [0.4, 0.5) is 0 Å². The van der Waals surface area contributed by atoms with Gasteiger partial charge in [0.25, 0.3) is 5.91 Å². The van der Waals surface area contributed by atoms with E-state index in [2.05, 4.69) is 21.6 Å². The average molecular weight is 386 g/mol. The highest BCUT2D eigenvalue weighted by molar-refractivity contribution is 5.94. The number of aromatic nitrogens is 1. The van der Waals surface area contributed by atoms with Crippen molar-refractivity contribution in [2.45, 2.75) is 6.61 Å².